The van der Waals surface area contributed by atoms with E-state index in [0.29, 0.717) is 16.5 Å². The second kappa shape index (κ2) is 5.74. The van der Waals surface area contributed by atoms with E-state index in [2.05, 4.69) is 10.1 Å². The quantitative estimate of drug-likeness (QED) is 0.542. The highest BCUT2D eigenvalue weighted by Crippen LogP contribution is 2.21. The number of halogens is 1. The zero-order valence-corrected chi connectivity index (χ0v) is 12.8. The topological polar surface area (TPSA) is 43.9 Å². The molecule has 0 spiro atoms. The molecule has 2 aromatic carbocycles. The molecule has 0 aliphatic rings. The summed E-state index contributed by atoms with van der Waals surface area (Å²) in [7, 11) is 0. The lowest BCUT2D eigenvalue weighted by Crippen LogP contribution is -1.92. The van der Waals surface area contributed by atoms with Gasteiger partial charge < -0.3 is 4.42 Å². The number of hydrogen-bond donors (Lipinski definition) is 0. The number of para-hydroxylation sites is 1. The molecule has 0 N–H and O–H groups in total. The van der Waals surface area contributed by atoms with Crippen molar-refractivity contribution < 1.29 is 4.42 Å². The summed E-state index contributed by atoms with van der Waals surface area (Å²) >= 11 is 5.95. The van der Waals surface area contributed by atoms with E-state index in [1.165, 1.54) is 0 Å². The number of nitrogens with zero attached hydrogens (tertiary/aromatic N) is 3. The van der Waals surface area contributed by atoms with Crippen molar-refractivity contribution in [3.8, 4) is 5.69 Å². The first kappa shape index (κ1) is 13.8. The maximum atomic E-state index is 5.95. The summed E-state index contributed by atoms with van der Waals surface area (Å²) in [5.74, 6) is 0.537. The van der Waals surface area contributed by atoms with E-state index in [0.717, 1.165) is 16.8 Å². The SMILES string of the molecule is Clc1ccc2oc(/C=C/c3cnn(-c4ccccc4)c3)nc2c1. The minimum Gasteiger partial charge on any atom is -0.437 e. The van der Waals surface area contributed by atoms with Gasteiger partial charge in [0.15, 0.2) is 5.58 Å². The Hall–Kier alpha value is -2.85. The number of rotatable bonds is 3. The normalized spacial score (nSPS) is 11.5. The molecule has 5 heteroatoms. The number of hydrogen-bond acceptors (Lipinski definition) is 3. The summed E-state index contributed by atoms with van der Waals surface area (Å²) in [5, 5.41) is 4.99. The van der Waals surface area contributed by atoms with E-state index in [9.17, 15) is 0 Å². The molecular weight excluding hydrogens is 310 g/mol. The number of benzene rings is 2. The molecule has 4 nitrogen and oxygen atoms in total. The maximum Gasteiger partial charge on any atom is 0.220 e. The van der Waals surface area contributed by atoms with Crippen molar-refractivity contribution in [3.63, 3.8) is 0 Å². The highest BCUT2D eigenvalue weighted by molar-refractivity contribution is 6.31. The molecular formula is C18H12ClN3O. The summed E-state index contributed by atoms with van der Waals surface area (Å²) in [6.45, 7) is 0. The molecule has 0 saturated carbocycles. The lowest BCUT2D eigenvalue weighted by atomic mass is 10.3. The molecule has 4 aromatic rings. The Balaban J connectivity index is 1.59. The molecule has 0 amide bonds. The first-order chi connectivity index (χ1) is 11.3. The molecule has 2 aromatic heterocycles. The van der Waals surface area contributed by atoms with Gasteiger partial charge in [0.1, 0.15) is 5.52 Å². The van der Waals surface area contributed by atoms with Gasteiger partial charge >= 0.3 is 0 Å². The predicted octanol–water partition coefficient (Wildman–Crippen LogP) is 4.84. The zero-order valence-electron chi connectivity index (χ0n) is 12.1. The minimum atomic E-state index is 0.537. The fourth-order valence-electron chi connectivity index (χ4n) is 2.30. The Labute approximate surface area is 137 Å². The van der Waals surface area contributed by atoms with Gasteiger partial charge in [-0.25, -0.2) is 9.67 Å². The second-order valence-corrected chi connectivity index (χ2v) is 5.49. The Morgan fingerprint density at radius 1 is 1.04 bits per heavy atom. The molecule has 0 fully saturated rings. The largest absolute Gasteiger partial charge is 0.437 e. The Morgan fingerprint density at radius 3 is 2.78 bits per heavy atom. The fourth-order valence-corrected chi connectivity index (χ4v) is 2.47. The third-order valence-corrected chi connectivity index (χ3v) is 3.64. The van der Waals surface area contributed by atoms with E-state index < -0.39 is 0 Å². The van der Waals surface area contributed by atoms with Crippen molar-refractivity contribution in [1.82, 2.24) is 14.8 Å². The van der Waals surface area contributed by atoms with Crippen LogP contribution in [0.3, 0.4) is 0 Å². The minimum absolute atomic E-state index is 0.537. The van der Waals surface area contributed by atoms with Gasteiger partial charge in [0.25, 0.3) is 0 Å². The van der Waals surface area contributed by atoms with Crippen molar-refractivity contribution in [3.05, 3.63) is 77.4 Å². The Morgan fingerprint density at radius 2 is 1.91 bits per heavy atom. The van der Waals surface area contributed by atoms with Crippen LogP contribution in [0.1, 0.15) is 11.5 Å². The molecule has 0 bridgehead atoms. The van der Waals surface area contributed by atoms with E-state index in [1.54, 1.807) is 18.3 Å². The van der Waals surface area contributed by atoms with Gasteiger partial charge in [-0.2, -0.15) is 5.10 Å². The van der Waals surface area contributed by atoms with Crippen LogP contribution in [0, 0.1) is 0 Å². The van der Waals surface area contributed by atoms with Crippen molar-refractivity contribution in [2.24, 2.45) is 0 Å². The monoisotopic (exact) mass is 321 g/mol. The van der Waals surface area contributed by atoms with E-state index in [-0.39, 0.29) is 0 Å². The van der Waals surface area contributed by atoms with Crippen molar-refractivity contribution in [2.45, 2.75) is 0 Å². The molecule has 4 rings (SSSR count). The van der Waals surface area contributed by atoms with Gasteiger partial charge in [0, 0.05) is 22.9 Å². The van der Waals surface area contributed by atoms with Gasteiger partial charge in [-0.05, 0) is 36.4 Å². The van der Waals surface area contributed by atoms with Crippen molar-refractivity contribution in [1.29, 1.82) is 0 Å². The van der Waals surface area contributed by atoms with Gasteiger partial charge in [0.2, 0.25) is 5.89 Å². The number of oxazole rings is 1. The molecule has 0 unspecified atom stereocenters. The molecule has 112 valence electrons. The third kappa shape index (κ3) is 2.89. The highest BCUT2D eigenvalue weighted by Gasteiger charge is 2.04. The van der Waals surface area contributed by atoms with Crippen LogP contribution in [0.4, 0.5) is 0 Å². The summed E-state index contributed by atoms with van der Waals surface area (Å²) < 4.78 is 7.48. The third-order valence-electron chi connectivity index (χ3n) is 3.41. The summed E-state index contributed by atoms with van der Waals surface area (Å²) in [6.07, 6.45) is 7.48. The van der Waals surface area contributed by atoms with Gasteiger partial charge in [-0.1, -0.05) is 29.8 Å². The standard InChI is InChI=1S/C18H12ClN3O/c19-14-7-8-17-16(10-14)21-18(23-17)9-6-13-11-20-22(12-13)15-4-2-1-3-5-15/h1-12H/b9-6+. The highest BCUT2D eigenvalue weighted by atomic mass is 35.5. The molecule has 2 heterocycles. The molecule has 23 heavy (non-hydrogen) atoms. The van der Waals surface area contributed by atoms with E-state index in [4.69, 9.17) is 16.0 Å². The number of fused-ring (bicyclic) bond motifs is 1. The first-order valence-corrected chi connectivity index (χ1v) is 7.50. The van der Waals surface area contributed by atoms with Crippen LogP contribution in [0.15, 0.2) is 65.3 Å². The van der Waals surface area contributed by atoms with Gasteiger partial charge in [-0.15, -0.1) is 0 Å². The van der Waals surface area contributed by atoms with Crippen LogP contribution in [-0.4, -0.2) is 14.8 Å². The Kier molecular flexibility index (Phi) is 3.44. The van der Waals surface area contributed by atoms with Gasteiger partial charge in [0.05, 0.1) is 11.9 Å². The van der Waals surface area contributed by atoms with Gasteiger partial charge in [-0.3, -0.25) is 0 Å². The van der Waals surface area contributed by atoms with Crippen LogP contribution >= 0.6 is 11.6 Å². The van der Waals surface area contributed by atoms with Crippen molar-refractivity contribution >= 4 is 34.9 Å². The predicted molar refractivity (Wildman–Crippen MR) is 91.5 cm³/mol. The lowest BCUT2D eigenvalue weighted by molar-refractivity contribution is 0.590. The van der Waals surface area contributed by atoms with E-state index >= 15 is 0 Å². The first-order valence-electron chi connectivity index (χ1n) is 7.12. The smallest absolute Gasteiger partial charge is 0.220 e. The van der Waals surface area contributed by atoms with Crippen LogP contribution < -0.4 is 0 Å². The van der Waals surface area contributed by atoms with Crippen LogP contribution in [0.2, 0.25) is 5.02 Å². The Bertz CT molecular complexity index is 986. The lowest BCUT2D eigenvalue weighted by Gasteiger charge is -1.98. The van der Waals surface area contributed by atoms with Crippen LogP contribution in [0.25, 0.3) is 28.9 Å². The summed E-state index contributed by atoms with van der Waals surface area (Å²) in [6, 6.07) is 15.3. The van der Waals surface area contributed by atoms with Crippen molar-refractivity contribution in [2.75, 3.05) is 0 Å². The second-order valence-electron chi connectivity index (χ2n) is 5.05. The molecule has 0 saturated heterocycles. The molecule has 0 aliphatic carbocycles. The van der Waals surface area contributed by atoms with Crippen LogP contribution in [0.5, 0.6) is 0 Å². The average Bonchev–Trinajstić information content (AvgIpc) is 3.20. The fraction of sp³-hybridized carbons (Fsp3) is 0. The summed E-state index contributed by atoms with van der Waals surface area (Å²) in [5.41, 5.74) is 3.45. The zero-order chi connectivity index (χ0) is 15.6. The number of aromatic nitrogens is 3. The average molecular weight is 322 g/mol. The molecule has 0 aliphatic heterocycles. The maximum absolute atomic E-state index is 5.95. The molecule has 0 radical (unpaired) electrons. The van der Waals surface area contributed by atoms with E-state index in [1.807, 2.05) is 59.4 Å². The van der Waals surface area contributed by atoms with Crippen LogP contribution in [-0.2, 0) is 0 Å². The molecule has 0 atom stereocenters. The summed E-state index contributed by atoms with van der Waals surface area (Å²) in [4.78, 5) is 4.39.